The van der Waals surface area contributed by atoms with Crippen LogP contribution in [0.4, 0.5) is 0 Å². The van der Waals surface area contributed by atoms with E-state index in [0.29, 0.717) is 12.8 Å². The van der Waals surface area contributed by atoms with Gasteiger partial charge in [-0.05, 0) is 26.2 Å². The van der Waals surface area contributed by atoms with E-state index in [1.807, 2.05) is 0 Å². The summed E-state index contributed by atoms with van der Waals surface area (Å²) in [5, 5.41) is 34.7. The summed E-state index contributed by atoms with van der Waals surface area (Å²) in [6, 6.07) is 0. The molecular formula is C7H16O4. The normalized spacial score (nSPS) is 16.9. The predicted molar refractivity (Wildman–Crippen MR) is 39.8 cm³/mol. The Morgan fingerprint density at radius 2 is 1.91 bits per heavy atom. The van der Waals surface area contributed by atoms with Crippen molar-refractivity contribution in [1.29, 1.82) is 0 Å². The molecular weight excluding hydrogens is 148 g/mol. The molecule has 0 heterocycles. The van der Waals surface area contributed by atoms with Gasteiger partial charge in [-0.3, -0.25) is 0 Å². The number of rotatable bonds is 5. The molecule has 0 aliphatic rings. The third-order valence-electron chi connectivity index (χ3n) is 1.52. The molecule has 0 aromatic carbocycles. The van der Waals surface area contributed by atoms with E-state index in [0.717, 1.165) is 0 Å². The summed E-state index contributed by atoms with van der Waals surface area (Å²) in [6.45, 7) is 1.21. The summed E-state index contributed by atoms with van der Waals surface area (Å²) in [6.07, 6.45) is -0.216. The highest BCUT2D eigenvalue weighted by atomic mass is 16.5. The van der Waals surface area contributed by atoms with E-state index in [-0.39, 0.29) is 13.0 Å². The standard InChI is InChI=1S/C7H16O4/c1-7(11,5-8)4-2-3-6(9)10/h6,8-11H,2-5H2,1H3. The number of hydrogen-bond acceptors (Lipinski definition) is 4. The molecule has 1 atom stereocenters. The average Bonchev–Trinajstić information content (AvgIpc) is 1.87. The summed E-state index contributed by atoms with van der Waals surface area (Å²) in [4.78, 5) is 0. The molecule has 0 aliphatic carbocycles. The van der Waals surface area contributed by atoms with Gasteiger partial charge in [-0.2, -0.15) is 0 Å². The van der Waals surface area contributed by atoms with Crippen molar-refractivity contribution < 1.29 is 20.4 Å². The van der Waals surface area contributed by atoms with E-state index in [4.69, 9.17) is 15.3 Å². The van der Waals surface area contributed by atoms with Gasteiger partial charge in [-0.1, -0.05) is 0 Å². The van der Waals surface area contributed by atoms with Crippen LogP contribution in [-0.4, -0.2) is 38.9 Å². The Kier molecular flexibility index (Phi) is 4.60. The molecule has 0 aromatic heterocycles. The van der Waals surface area contributed by atoms with E-state index in [2.05, 4.69) is 0 Å². The predicted octanol–water partition coefficient (Wildman–Crippen LogP) is -0.789. The zero-order valence-corrected chi connectivity index (χ0v) is 6.69. The fraction of sp³-hybridized carbons (Fsp3) is 1.00. The maximum absolute atomic E-state index is 9.22. The molecule has 4 heteroatoms. The van der Waals surface area contributed by atoms with Gasteiger partial charge in [0.05, 0.1) is 12.2 Å². The summed E-state index contributed by atoms with van der Waals surface area (Å²) in [5.74, 6) is 0. The van der Waals surface area contributed by atoms with Gasteiger partial charge in [0, 0.05) is 0 Å². The molecule has 0 aliphatic heterocycles. The van der Waals surface area contributed by atoms with Crippen LogP contribution in [0.1, 0.15) is 26.2 Å². The Bertz CT molecular complexity index is 101. The molecule has 0 radical (unpaired) electrons. The Balaban J connectivity index is 3.38. The van der Waals surface area contributed by atoms with Gasteiger partial charge in [0.15, 0.2) is 6.29 Å². The zero-order chi connectivity index (χ0) is 8.91. The number of aliphatic hydroxyl groups excluding tert-OH is 2. The molecule has 0 saturated heterocycles. The molecule has 0 spiro atoms. The largest absolute Gasteiger partial charge is 0.393 e. The van der Waals surface area contributed by atoms with E-state index in [9.17, 15) is 5.11 Å². The second-order valence-electron chi connectivity index (χ2n) is 3.03. The van der Waals surface area contributed by atoms with E-state index < -0.39 is 11.9 Å². The first-order valence-corrected chi connectivity index (χ1v) is 3.67. The van der Waals surface area contributed by atoms with Gasteiger partial charge in [0.25, 0.3) is 0 Å². The summed E-state index contributed by atoms with van der Waals surface area (Å²) in [5.41, 5.74) is -1.09. The second-order valence-corrected chi connectivity index (χ2v) is 3.03. The number of aliphatic hydroxyl groups is 4. The maximum atomic E-state index is 9.22. The third kappa shape index (κ3) is 6.25. The van der Waals surface area contributed by atoms with Crippen LogP contribution in [0.25, 0.3) is 0 Å². The Morgan fingerprint density at radius 3 is 2.27 bits per heavy atom. The van der Waals surface area contributed by atoms with Crippen LogP contribution in [0.5, 0.6) is 0 Å². The van der Waals surface area contributed by atoms with Crippen LogP contribution in [-0.2, 0) is 0 Å². The lowest BCUT2D eigenvalue weighted by Crippen LogP contribution is -2.28. The first-order chi connectivity index (χ1) is 4.98. The van der Waals surface area contributed by atoms with Crippen molar-refractivity contribution in [2.45, 2.75) is 38.1 Å². The lowest BCUT2D eigenvalue weighted by atomic mass is 10.0. The van der Waals surface area contributed by atoms with Crippen molar-refractivity contribution in [3.63, 3.8) is 0 Å². The Labute approximate surface area is 66.1 Å². The number of hydrogen-bond donors (Lipinski definition) is 4. The molecule has 11 heavy (non-hydrogen) atoms. The monoisotopic (exact) mass is 164 g/mol. The lowest BCUT2D eigenvalue weighted by molar-refractivity contribution is -0.0552. The second kappa shape index (κ2) is 4.66. The maximum Gasteiger partial charge on any atom is 0.151 e. The molecule has 0 fully saturated rings. The molecule has 4 N–H and O–H groups in total. The minimum absolute atomic E-state index is 0.232. The molecule has 0 bridgehead atoms. The van der Waals surface area contributed by atoms with Gasteiger partial charge >= 0.3 is 0 Å². The third-order valence-corrected chi connectivity index (χ3v) is 1.52. The van der Waals surface area contributed by atoms with E-state index >= 15 is 0 Å². The van der Waals surface area contributed by atoms with Gasteiger partial charge in [-0.15, -0.1) is 0 Å². The fourth-order valence-corrected chi connectivity index (χ4v) is 0.745. The van der Waals surface area contributed by atoms with Crippen molar-refractivity contribution >= 4 is 0 Å². The topological polar surface area (TPSA) is 80.9 Å². The first-order valence-electron chi connectivity index (χ1n) is 3.67. The molecule has 0 aromatic rings. The molecule has 68 valence electrons. The van der Waals surface area contributed by atoms with Crippen LogP contribution in [0, 0.1) is 0 Å². The minimum atomic E-state index is -1.32. The van der Waals surface area contributed by atoms with Crippen LogP contribution >= 0.6 is 0 Å². The van der Waals surface area contributed by atoms with Gasteiger partial charge in [0.1, 0.15) is 0 Å². The van der Waals surface area contributed by atoms with E-state index in [1.54, 1.807) is 0 Å². The van der Waals surface area contributed by atoms with Gasteiger partial charge < -0.3 is 20.4 Å². The highest BCUT2D eigenvalue weighted by molar-refractivity contribution is 4.70. The smallest absolute Gasteiger partial charge is 0.151 e. The van der Waals surface area contributed by atoms with Crippen LogP contribution < -0.4 is 0 Å². The SMILES string of the molecule is CC(O)(CO)CCCC(O)O. The highest BCUT2D eigenvalue weighted by Gasteiger charge is 2.18. The summed E-state index contributed by atoms with van der Waals surface area (Å²) < 4.78 is 0. The van der Waals surface area contributed by atoms with Gasteiger partial charge in [0.2, 0.25) is 0 Å². The Morgan fingerprint density at radius 1 is 1.36 bits per heavy atom. The lowest BCUT2D eigenvalue weighted by Gasteiger charge is -2.19. The van der Waals surface area contributed by atoms with Crippen molar-refractivity contribution in [2.75, 3.05) is 6.61 Å². The summed E-state index contributed by atoms with van der Waals surface area (Å²) >= 11 is 0. The zero-order valence-electron chi connectivity index (χ0n) is 6.69. The molecule has 0 amide bonds. The quantitative estimate of drug-likeness (QED) is 0.401. The molecule has 0 saturated carbocycles. The van der Waals surface area contributed by atoms with E-state index in [1.165, 1.54) is 6.92 Å². The highest BCUT2D eigenvalue weighted by Crippen LogP contribution is 2.12. The average molecular weight is 164 g/mol. The molecule has 0 rings (SSSR count). The van der Waals surface area contributed by atoms with Crippen molar-refractivity contribution in [2.24, 2.45) is 0 Å². The first kappa shape index (κ1) is 10.8. The Hall–Kier alpha value is -0.160. The summed E-state index contributed by atoms with van der Waals surface area (Å²) in [7, 11) is 0. The molecule has 4 nitrogen and oxygen atoms in total. The van der Waals surface area contributed by atoms with Crippen molar-refractivity contribution in [3.05, 3.63) is 0 Å². The fourth-order valence-electron chi connectivity index (χ4n) is 0.745. The van der Waals surface area contributed by atoms with Crippen LogP contribution in [0.15, 0.2) is 0 Å². The van der Waals surface area contributed by atoms with Crippen LogP contribution in [0.2, 0.25) is 0 Å². The van der Waals surface area contributed by atoms with Crippen molar-refractivity contribution in [1.82, 2.24) is 0 Å². The van der Waals surface area contributed by atoms with Crippen molar-refractivity contribution in [3.8, 4) is 0 Å². The minimum Gasteiger partial charge on any atom is -0.393 e. The van der Waals surface area contributed by atoms with Crippen LogP contribution in [0.3, 0.4) is 0 Å². The van der Waals surface area contributed by atoms with Gasteiger partial charge in [-0.25, -0.2) is 0 Å². The molecule has 1 unspecified atom stereocenters.